The van der Waals surface area contributed by atoms with E-state index in [-0.39, 0.29) is 29.3 Å². The molecule has 1 aromatic rings. The number of urea groups is 1. The average molecular weight is 361 g/mol. The van der Waals surface area contributed by atoms with E-state index in [2.05, 4.69) is 10.3 Å². The molecule has 0 aromatic carbocycles. The summed E-state index contributed by atoms with van der Waals surface area (Å²) in [5.41, 5.74) is 0.00248. The molecule has 1 atom stereocenters. The molecule has 0 unspecified atom stereocenters. The lowest BCUT2D eigenvalue weighted by Crippen LogP contribution is -2.47. The Bertz CT molecular complexity index is 686. The molecule has 2 heterocycles. The van der Waals surface area contributed by atoms with E-state index in [0.29, 0.717) is 30.9 Å². The van der Waals surface area contributed by atoms with E-state index in [1.54, 1.807) is 0 Å². The van der Waals surface area contributed by atoms with Crippen LogP contribution in [0.1, 0.15) is 28.8 Å². The number of sulfone groups is 1. The van der Waals surface area contributed by atoms with Gasteiger partial charge in [0.2, 0.25) is 0 Å². The van der Waals surface area contributed by atoms with Gasteiger partial charge in [-0.3, -0.25) is 0 Å². The van der Waals surface area contributed by atoms with Gasteiger partial charge in [0.1, 0.15) is 0 Å². The van der Waals surface area contributed by atoms with E-state index < -0.39 is 15.8 Å². The van der Waals surface area contributed by atoms with Crippen molar-refractivity contribution in [1.29, 1.82) is 0 Å². The molecular formula is C13H19N3O5S2. The second-order valence-electron chi connectivity index (χ2n) is 5.26. The zero-order chi connectivity index (χ0) is 17.0. The van der Waals surface area contributed by atoms with Crippen molar-refractivity contribution in [3.63, 3.8) is 0 Å². The van der Waals surface area contributed by atoms with Crippen LogP contribution in [0.2, 0.25) is 0 Å². The van der Waals surface area contributed by atoms with E-state index in [9.17, 15) is 18.0 Å². The van der Waals surface area contributed by atoms with Crippen LogP contribution in [0.3, 0.4) is 0 Å². The molecule has 2 rings (SSSR count). The largest absolute Gasteiger partial charge is 0.476 e. The number of hydrogen-bond donors (Lipinski definition) is 2. The SMILES string of the molecule is CCN(C(=O)NCCc1nc(C(=O)O)cs1)[C@H]1CCS(=O)(=O)C1. The third-order valence-electron chi connectivity index (χ3n) is 3.64. The maximum absolute atomic E-state index is 12.2. The second kappa shape index (κ2) is 7.26. The highest BCUT2D eigenvalue weighted by Crippen LogP contribution is 2.17. The van der Waals surface area contributed by atoms with E-state index in [1.165, 1.54) is 21.6 Å². The molecule has 1 saturated heterocycles. The van der Waals surface area contributed by atoms with Crippen LogP contribution in [-0.4, -0.2) is 66.0 Å². The number of carboxylic acids is 1. The van der Waals surface area contributed by atoms with Gasteiger partial charge in [-0.1, -0.05) is 0 Å². The van der Waals surface area contributed by atoms with Gasteiger partial charge in [-0.15, -0.1) is 11.3 Å². The third-order valence-corrected chi connectivity index (χ3v) is 6.30. The maximum Gasteiger partial charge on any atom is 0.355 e. The summed E-state index contributed by atoms with van der Waals surface area (Å²) < 4.78 is 23.1. The topological polar surface area (TPSA) is 117 Å². The van der Waals surface area contributed by atoms with Crippen LogP contribution in [0.25, 0.3) is 0 Å². The molecule has 0 saturated carbocycles. The molecule has 2 amide bonds. The number of nitrogens with one attached hydrogen (secondary N) is 1. The first-order valence-corrected chi connectivity index (χ1v) is 9.95. The molecule has 128 valence electrons. The van der Waals surface area contributed by atoms with Crippen molar-refractivity contribution in [3.8, 4) is 0 Å². The Morgan fingerprint density at radius 3 is 2.78 bits per heavy atom. The van der Waals surface area contributed by atoms with Crippen molar-refractivity contribution >= 4 is 33.2 Å². The molecule has 8 nitrogen and oxygen atoms in total. The average Bonchev–Trinajstić information content (AvgIpc) is 3.07. The zero-order valence-corrected chi connectivity index (χ0v) is 14.3. The van der Waals surface area contributed by atoms with Crippen molar-refractivity contribution in [2.75, 3.05) is 24.6 Å². The lowest BCUT2D eigenvalue weighted by atomic mass is 10.2. The van der Waals surface area contributed by atoms with Crippen LogP contribution in [0, 0.1) is 0 Å². The number of carbonyl (C=O) groups is 2. The summed E-state index contributed by atoms with van der Waals surface area (Å²) >= 11 is 1.23. The summed E-state index contributed by atoms with van der Waals surface area (Å²) in [4.78, 5) is 28.4. The predicted molar refractivity (Wildman–Crippen MR) is 85.6 cm³/mol. The lowest BCUT2D eigenvalue weighted by molar-refractivity contribution is 0.0691. The number of aromatic carboxylic acids is 1. The summed E-state index contributed by atoms with van der Waals surface area (Å²) in [5.74, 6) is -0.933. The Morgan fingerprint density at radius 2 is 2.26 bits per heavy atom. The Labute approximate surface area is 138 Å². The molecule has 10 heteroatoms. The molecular weight excluding hydrogens is 342 g/mol. The number of aromatic nitrogens is 1. The molecule has 0 bridgehead atoms. The Hall–Kier alpha value is -1.68. The first kappa shape index (κ1) is 17.7. The van der Waals surface area contributed by atoms with Crippen molar-refractivity contribution in [1.82, 2.24) is 15.2 Å². The standard InChI is InChI=1S/C13H19N3O5S2/c1-2-16(9-4-6-23(20,21)8-9)13(19)14-5-3-11-15-10(7-22-11)12(17)18/h7,9H,2-6,8H2,1H3,(H,14,19)(H,17,18)/t9-/m0/s1. The maximum atomic E-state index is 12.2. The van der Waals surface area contributed by atoms with Gasteiger partial charge in [0.05, 0.1) is 16.5 Å². The predicted octanol–water partition coefficient (Wildman–Crippen LogP) is 0.602. The van der Waals surface area contributed by atoms with Crippen molar-refractivity contribution in [3.05, 3.63) is 16.1 Å². The molecule has 2 N–H and O–H groups in total. The summed E-state index contributed by atoms with van der Waals surface area (Å²) in [7, 11) is -3.04. The highest BCUT2D eigenvalue weighted by molar-refractivity contribution is 7.91. The Morgan fingerprint density at radius 1 is 1.52 bits per heavy atom. The molecule has 1 aliphatic rings. The van der Waals surface area contributed by atoms with Gasteiger partial charge in [0, 0.05) is 30.9 Å². The molecule has 0 spiro atoms. The number of carboxylic acid groups (broad SMARTS) is 1. The minimum Gasteiger partial charge on any atom is -0.476 e. The summed E-state index contributed by atoms with van der Waals surface area (Å²) in [5, 5.41) is 13.6. The summed E-state index contributed by atoms with van der Waals surface area (Å²) in [6.07, 6.45) is 0.905. The molecule has 0 radical (unpaired) electrons. The van der Waals surface area contributed by atoms with Crippen LogP contribution in [0.5, 0.6) is 0 Å². The number of nitrogens with zero attached hydrogens (tertiary/aromatic N) is 2. The van der Waals surface area contributed by atoms with Crippen molar-refractivity contribution < 1.29 is 23.1 Å². The molecule has 1 aliphatic heterocycles. The van der Waals surface area contributed by atoms with Gasteiger partial charge < -0.3 is 15.3 Å². The normalized spacial score (nSPS) is 19.4. The quantitative estimate of drug-likeness (QED) is 0.766. The highest BCUT2D eigenvalue weighted by atomic mass is 32.2. The van der Waals surface area contributed by atoms with Crippen LogP contribution >= 0.6 is 11.3 Å². The van der Waals surface area contributed by atoms with Gasteiger partial charge in [-0.05, 0) is 13.3 Å². The Kier molecular flexibility index (Phi) is 5.58. The van der Waals surface area contributed by atoms with Gasteiger partial charge in [0.15, 0.2) is 15.5 Å². The van der Waals surface area contributed by atoms with E-state index in [1.807, 2.05) is 6.92 Å². The van der Waals surface area contributed by atoms with Crippen LogP contribution < -0.4 is 5.32 Å². The fourth-order valence-corrected chi connectivity index (χ4v) is 4.99. The van der Waals surface area contributed by atoms with Crippen molar-refractivity contribution in [2.45, 2.75) is 25.8 Å². The number of hydrogen-bond acceptors (Lipinski definition) is 6. The van der Waals surface area contributed by atoms with Crippen molar-refractivity contribution in [2.24, 2.45) is 0 Å². The van der Waals surface area contributed by atoms with E-state index >= 15 is 0 Å². The fraction of sp³-hybridized carbons (Fsp3) is 0.615. The minimum absolute atomic E-state index is 0.00248. The summed E-state index contributed by atoms with van der Waals surface area (Å²) in [6, 6.07) is -0.576. The minimum atomic E-state index is -3.04. The number of carbonyl (C=O) groups excluding carboxylic acids is 1. The van der Waals surface area contributed by atoms with Crippen LogP contribution in [0.4, 0.5) is 4.79 Å². The van der Waals surface area contributed by atoms with Crippen LogP contribution in [-0.2, 0) is 16.3 Å². The molecule has 0 aliphatic carbocycles. The lowest BCUT2D eigenvalue weighted by Gasteiger charge is -2.26. The number of amides is 2. The second-order valence-corrected chi connectivity index (χ2v) is 8.43. The van der Waals surface area contributed by atoms with Gasteiger partial charge >= 0.3 is 12.0 Å². The number of thiazole rings is 1. The van der Waals surface area contributed by atoms with Gasteiger partial charge in [-0.2, -0.15) is 0 Å². The Balaban J connectivity index is 1.84. The zero-order valence-electron chi connectivity index (χ0n) is 12.7. The fourth-order valence-electron chi connectivity index (χ4n) is 2.49. The highest BCUT2D eigenvalue weighted by Gasteiger charge is 2.33. The first-order chi connectivity index (χ1) is 10.8. The molecule has 1 fully saturated rings. The first-order valence-electron chi connectivity index (χ1n) is 7.25. The monoisotopic (exact) mass is 361 g/mol. The van der Waals surface area contributed by atoms with E-state index in [4.69, 9.17) is 5.11 Å². The molecule has 1 aromatic heterocycles. The third kappa shape index (κ3) is 4.64. The summed E-state index contributed by atoms with van der Waals surface area (Å²) in [6.45, 7) is 2.57. The number of rotatable bonds is 6. The van der Waals surface area contributed by atoms with Gasteiger partial charge in [-0.25, -0.2) is 23.0 Å². The molecule has 23 heavy (non-hydrogen) atoms. The van der Waals surface area contributed by atoms with E-state index in [0.717, 1.165) is 0 Å². The van der Waals surface area contributed by atoms with Gasteiger partial charge in [0.25, 0.3) is 0 Å². The van der Waals surface area contributed by atoms with Crippen LogP contribution in [0.15, 0.2) is 5.38 Å². The smallest absolute Gasteiger partial charge is 0.355 e.